The van der Waals surface area contributed by atoms with E-state index in [0.717, 1.165) is 34.1 Å². The minimum Gasteiger partial charge on any atom is -0.352 e. The lowest BCUT2D eigenvalue weighted by Crippen LogP contribution is -2.54. The van der Waals surface area contributed by atoms with E-state index >= 15 is 0 Å². The molecule has 0 saturated heterocycles. The lowest BCUT2D eigenvalue weighted by atomic mass is 10.0. The van der Waals surface area contributed by atoms with Crippen LogP contribution >= 0.6 is 23.2 Å². The average Bonchev–Trinajstić information content (AvgIpc) is 2.99. The monoisotopic (exact) mass is 655 g/mol. The van der Waals surface area contributed by atoms with Crippen LogP contribution in [0.15, 0.2) is 108 Å². The number of sulfonamides is 1. The second-order valence-electron chi connectivity index (χ2n) is 10.4. The summed E-state index contributed by atoms with van der Waals surface area (Å²) < 4.78 is 42.5. The Hall–Kier alpha value is -3.92. The highest BCUT2D eigenvalue weighted by atomic mass is 35.5. The molecule has 0 bridgehead atoms. The van der Waals surface area contributed by atoms with Crippen LogP contribution in [0.2, 0.25) is 10.0 Å². The molecule has 0 aliphatic heterocycles. The van der Waals surface area contributed by atoms with Crippen LogP contribution in [-0.2, 0) is 32.6 Å². The van der Waals surface area contributed by atoms with Crippen molar-refractivity contribution in [2.24, 2.45) is 0 Å². The van der Waals surface area contributed by atoms with E-state index in [9.17, 15) is 22.4 Å². The number of anilines is 1. The molecule has 0 heterocycles. The first-order valence-corrected chi connectivity index (χ1v) is 16.1. The third-order valence-electron chi connectivity index (χ3n) is 6.82. The minimum absolute atomic E-state index is 0.142. The lowest BCUT2D eigenvalue weighted by Gasteiger charge is -2.34. The maximum Gasteiger partial charge on any atom is 0.264 e. The van der Waals surface area contributed by atoms with Crippen LogP contribution in [0.25, 0.3) is 0 Å². The number of para-hydroxylation sites is 1. The first-order chi connectivity index (χ1) is 21.0. The molecule has 0 spiro atoms. The van der Waals surface area contributed by atoms with Gasteiger partial charge in [-0.15, -0.1) is 0 Å². The van der Waals surface area contributed by atoms with Crippen LogP contribution in [0.3, 0.4) is 0 Å². The summed E-state index contributed by atoms with van der Waals surface area (Å²) in [6.45, 7) is 2.79. The van der Waals surface area contributed by atoms with Gasteiger partial charge in [-0.25, -0.2) is 12.8 Å². The molecule has 4 rings (SSSR count). The van der Waals surface area contributed by atoms with Gasteiger partial charge in [-0.1, -0.05) is 77.8 Å². The Balaban J connectivity index is 1.82. The van der Waals surface area contributed by atoms with Crippen molar-refractivity contribution in [2.75, 3.05) is 10.8 Å². The van der Waals surface area contributed by atoms with Crippen molar-refractivity contribution in [1.29, 1.82) is 0 Å². The SMILES string of the molecule is CC(C)NC(=O)C(Cc1ccccc1)N(Cc1c(Cl)cccc1Cl)C(=O)CN(c1ccccc1)S(=O)(=O)c1ccc(F)cc1. The first-order valence-electron chi connectivity index (χ1n) is 13.9. The second-order valence-corrected chi connectivity index (χ2v) is 13.1. The van der Waals surface area contributed by atoms with E-state index in [2.05, 4.69) is 5.32 Å². The largest absolute Gasteiger partial charge is 0.352 e. The molecule has 44 heavy (non-hydrogen) atoms. The maximum absolute atomic E-state index is 14.4. The Labute approximate surface area is 267 Å². The maximum atomic E-state index is 14.4. The van der Waals surface area contributed by atoms with Crippen LogP contribution < -0.4 is 9.62 Å². The Kier molecular flexibility index (Phi) is 11.0. The van der Waals surface area contributed by atoms with Gasteiger partial charge in [0, 0.05) is 34.6 Å². The van der Waals surface area contributed by atoms with E-state index in [1.807, 2.05) is 30.3 Å². The summed E-state index contributed by atoms with van der Waals surface area (Å²) in [5.41, 5.74) is 1.41. The average molecular weight is 657 g/mol. The molecular formula is C33H32Cl2FN3O4S. The van der Waals surface area contributed by atoms with Crippen LogP contribution in [0, 0.1) is 5.82 Å². The molecule has 1 N–H and O–H groups in total. The number of hydrogen-bond donors (Lipinski definition) is 1. The van der Waals surface area contributed by atoms with Crippen molar-refractivity contribution in [2.45, 2.75) is 43.8 Å². The van der Waals surface area contributed by atoms with Gasteiger partial charge in [0.2, 0.25) is 11.8 Å². The number of rotatable bonds is 12. The quantitative estimate of drug-likeness (QED) is 0.189. The van der Waals surface area contributed by atoms with E-state index < -0.39 is 40.2 Å². The number of hydrogen-bond acceptors (Lipinski definition) is 4. The Morgan fingerprint density at radius 3 is 1.95 bits per heavy atom. The van der Waals surface area contributed by atoms with E-state index in [1.54, 1.807) is 62.4 Å². The number of carbonyl (C=O) groups excluding carboxylic acids is 2. The van der Waals surface area contributed by atoms with Gasteiger partial charge < -0.3 is 10.2 Å². The number of carbonyl (C=O) groups is 2. The normalized spacial score (nSPS) is 12.0. The molecule has 4 aromatic carbocycles. The van der Waals surface area contributed by atoms with Crippen molar-refractivity contribution < 1.29 is 22.4 Å². The summed E-state index contributed by atoms with van der Waals surface area (Å²) in [5, 5.41) is 3.47. The molecule has 0 aromatic heterocycles. The van der Waals surface area contributed by atoms with Gasteiger partial charge in [0.1, 0.15) is 18.4 Å². The highest BCUT2D eigenvalue weighted by Gasteiger charge is 2.35. The fourth-order valence-electron chi connectivity index (χ4n) is 4.65. The highest BCUT2D eigenvalue weighted by molar-refractivity contribution is 7.92. The van der Waals surface area contributed by atoms with E-state index in [0.29, 0.717) is 5.56 Å². The number of nitrogens with zero attached hydrogens (tertiary/aromatic N) is 2. The van der Waals surface area contributed by atoms with Crippen LogP contribution in [0.1, 0.15) is 25.0 Å². The van der Waals surface area contributed by atoms with E-state index in [4.69, 9.17) is 23.2 Å². The van der Waals surface area contributed by atoms with E-state index in [-0.39, 0.29) is 39.6 Å². The first kappa shape index (κ1) is 33.0. The fraction of sp³-hybridized carbons (Fsp3) is 0.212. The van der Waals surface area contributed by atoms with Crippen molar-refractivity contribution >= 4 is 50.7 Å². The van der Waals surface area contributed by atoms with Gasteiger partial charge in [0.15, 0.2) is 0 Å². The van der Waals surface area contributed by atoms with Gasteiger partial charge in [0.05, 0.1) is 10.6 Å². The molecule has 2 amide bonds. The van der Waals surface area contributed by atoms with Crippen molar-refractivity contribution in [3.8, 4) is 0 Å². The summed E-state index contributed by atoms with van der Waals surface area (Å²) in [4.78, 5) is 29.2. The number of halogens is 3. The second kappa shape index (κ2) is 14.7. The number of benzene rings is 4. The van der Waals surface area contributed by atoms with Gasteiger partial charge in [0.25, 0.3) is 10.0 Å². The molecule has 0 radical (unpaired) electrons. The summed E-state index contributed by atoms with van der Waals surface area (Å²) >= 11 is 13.0. The number of nitrogens with one attached hydrogen (secondary N) is 1. The third kappa shape index (κ3) is 8.16. The minimum atomic E-state index is -4.35. The van der Waals surface area contributed by atoms with Crippen molar-refractivity contribution in [3.63, 3.8) is 0 Å². The van der Waals surface area contributed by atoms with Gasteiger partial charge >= 0.3 is 0 Å². The smallest absolute Gasteiger partial charge is 0.264 e. The molecule has 0 saturated carbocycles. The summed E-state index contributed by atoms with van der Waals surface area (Å²) in [6.07, 6.45) is 0.142. The summed E-state index contributed by atoms with van der Waals surface area (Å²) in [7, 11) is -4.35. The zero-order valence-corrected chi connectivity index (χ0v) is 26.5. The molecular weight excluding hydrogens is 624 g/mol. The lowest BCUT2D eigenvalue weighted by molar-refractivity contribution is -0.140. The molecule has 7 nitrogen and oxygen atoms in total. The Morgan fingerprint density at radius 2 is 1.39 bits per heavy atom. The summed E-state index contributed by atoms with van der Waals surface area (Å²) in [5.74, 6) is -1.70. The van der Waals surface area contributed by atoms with E-state index in [1.165, 1.54) is 4.90 Å². The highest BCUT2D eigenvalue weighted by Crippen LogP contribution is 2.29. The number of amides is 2. The van der Waals surface area contributed by atoms with Gasteiger partial charge in [-0.2, -0.15) is 0 Å². The predicted molar refractivity (Wildman–Crippen MR) is 172 cm³/mol. The zero-order chi connectivity index (χ0) is 31.9. The zero-order valence-electron chi connectivity index (χ0n) is 24.2. The van der Waals surface area contributed by atoms with Gasteiger partial charge in [-0.3, -0.25) is 13.9 Å². The predicted octanol–water partition coefficient (Wildman–Crippen LogP) is 6.49. The van der Waals surface area contributed by atoms with Crippen molar-refractivity contribution in [3.05, 3.63) is 130 Å². The molecule has 0 aliphatic carbocycles. The van der Waals surface area contributed by atoms with Crippen molar-refractivity contribution in [1.82, 2.24) is 10.2 Å². The third-order valence-corrected chi connectivity index (χ3v) is 9.31. The molecule has 1 unspecified atom stereocenters. The van der Waals surface area contributed by atoms with Gasteiger partial charge in [-0.05, 0) is 67.9 Å². The molecule has 230 valence electrons. The molecule has 1 atom stereocenters. The molecule has 0 aliphatic rings. The van der Waals surface area contributed by atoms with Crippen LogP contribution in [0.4, 0.5) is 10.1 Å². The molecule has 0 fully saturated rings. The molecule has 11 heteroatoms. The Morgan fingerprint density at radius 1 is 0.818 bits per heavy atom. The fourth-order valence-corrected chi connectivity index (χ4v) is 6.58. The standard InChI is InChI=1S/C33H32Cl2FN3O4S/c1-23(2)37-33(41)31(20-24-10-5-3-6-11-24)38(21-28-29(34)14-9-15-30(28)35)32(40)22-39(26-12-7-4-8-13-26)44(42,43)27-18-16-25(36)17-19-27/h3-19,23,31H,20-22H2,1-2H3,(H,37,41). The van der Waals surface area contributed by atoms with Crippen LogP contribution in [-0.4, -0.2) is 43.8 Å². The summed E-state index contributed by atoms with van der Waals surface area (Å²) in [6, 6.07) is 25.3. The Bertz CT molecular complexity index is 1670. The molecule has 4 aromatic rings. The van der Waals surface area contributed by atoms with Crippen LogP contribution in [0.5, 0.6) is 0 Å². The topological polar surface area (TPSA) is 86.8 Å².